The summed E-state index contributed by atoms with van der Waals surface area (Å²) in [4.78, 5) is 0. The van der Waals surface area contributed by atoms with Crippen LogP contribution in [-0.2, 0) is 18.0 Å². The third kappa shape index (κ3) is 2.66. The Morgan fingerprint density at radius 2 is 2.10 bits per heavy atom. The molecule has 2 aromatic carbocycles. The topological polar surface area (TPSA) is 53.7 Å². The lowest BCUT2D eigenvalue weighted by Gasteiger charge is -2.21. The van der Waals surface area contributed by atoms with Gasteiger partial charge in [0.05, 0.1) is 12.3 Å². The Labute approximate surface area is 122 Å². The molecule has 0 spiro atoms. The number of para-hydroxylation sites is 2. The summed E-state index contributed by atoms with van der Waals surface area (Å²) in [6.45, 7) is 1.09. The molecule has 0 aliphatic carbocycles. The second-order valence-corrected chi connectivity index (χ2v) is 4.93. The van der Waals surface area contributed by atoms with Gasteiger partial charge in [0.1, 0.15) is 18.1 Å². The molecule has 1 aliphatic rings. The Morgan fingerprint density at radius 1 is 1.25 bits per heavy atom. The lowest BCUT2D eigenvalue weighted by molar-refractivity contribution is -0.0175. The molecular formula is C15H14ClNO3. The highest BCUT2D eigenvalue weighted by Gasteiger charge is 2.17. The van der Waals surface area contributed by atoms with Gasteiger partial charge in [0, 0.05) is 16.1 Å². The maximum atomic E-state index is 6.10. The maximum absolute atomic E-state index is 6.10. The molecule has 0 saturated heterocycles. The number of anilines is 1. The van der Waals surface area contributed by atoms with Crippen molar-refractivity contribution in [3.05, 3.63) is 52.5 Å². The first-order valence-electron chi connectivity index (χ1n) is 6.23. The van der Waals surface area contributed by atoms with Crippen molar-refractivity contribution in [3.63, 3.8) is 0 Å². The average molecular weight is 292 g/mol. The van der Waals surface area contributed by atoms with Crippen LogP contribution >= 0.6 is 11.6 Å². The molecule has 0 aromatic heterocycles. The minimum Gasteiger partial charge on any atom is -0.487 e. The fourth-order valence-electron chi connectivity index (χ4n) is 2.13. The molecule has 0 amide bonds. The third-order valence-corrected chi connectivity index (χ3v) is 3.27. The average Bonchev–Trinajstić information content (AvgIpc) is 2.46. The molecule has 1 aliphatic heterocycles. The lowest BCUT2D eigenvalue weighted by atomic mass is 10.1. The largest absolute Gasteiger partial charge is 0.487 e. The smallest absolute Gasteiger partial charge is 0.189 e. The zero-order valence-electron chi connectivity index (χ0n) is 10.8. The van der Waals surface area contributed by atoms with Gasteiger partial charge < -0.3 is 19.9 Å². The fraction of sp³-hybridized carbons (Fsp3) is 0.200. The monoisotopic (exact) mass is 291 g/mol. The number of ether oxygens (including phenoxy) is 3. The molecule has 104 valence electrons. The molecule has 0 bridgehead atoms. The van der Waals surface area contributed by atoms with Crippen molar-refractivity contribution < 1.29 is 14.2 Å². The van der Waals surface area contributed by atoms with Crippen LogP contribution in [0, 0.1) is 0 Å². The summed E-state index contributed by atoms with van der Waals surface area (Å²) in [5.74, 6) is 1.43. The predicted octanol–water partition coefficient (Wildman–Crippen LogP) is 3.37. The highest BCUT2D eigenvalue weighted by Crippen LogP contribution is 2.32. The van der Waals surface area contributed by atoms with Crippen molar-refractivity contribution in [2.75, 3.05) is 12.5 Å². The van der Waals surface area contributed by atoms with Crippen LogP contribution in [0.25, 0.3) is 0 Å². The first-order chi connectivity index (χ1) is 9.74. The summed E-state index contributed by atoms with van der Waals surface area (Å²) in [7, 11) is 0. The molecule has 0 atom stereocenters. The van der Waals surface area contributed by atoms with E-state index in [0.717, 1.165) is 16.9 Å². The van der Waals surface area contributed by atoms with E-state index in [0.29, 0.717) is 29.7 Å². The highest BCUT2D eigenvalue weighted by atomic mass is 35.5. The molecule has 0 fully saturated rings. The number of halogens is 1. The summed E-state index contributed by atoms with van der Waals surface area (Å²) in [5, 5.41) is 0.637. The first kappa shape index (κ1) is 13.1. The Kier molecular flexibility index (Phi) is 3.67. The van der Waals surface area contributed by atoms with Crippen LogP contribution in [-0.4, -0.2) is 6.79 Å². The molecule has 0 unspecified atom stereocenters. The van der Waals surface area contributed by atoms with E-state index in [2.05, 4.69) is 0 Å². The summed E-state index contributed by atoms with van der Waals surface area (Å²) in [6.07, 6.45) is 0. The van der Waals surface area contributed by atoms with Crippen LogP contribution in [0.2, 0.25) is 5.02 Å². The van der Waals surface area contributed by atoms with Gasteiger partial charge in [0.15, 0.2) is 6.79 Å². The number of rotatable bonds is 3. The van der Waals surface area contributed by atoms with E-state index in [4.69, 9.17) is 31.5 Å². The fourth-order valence-corrected chi connectivity index (χ4v) is 2.39. The van der Waals surface area contributed by atoms with E-state index in [9.17, 15) is 0 Å². The zero-order chi connectivity index (χ0) is 13.9. The number of benzene rings is 2. The van der Waals surface area contributed by atoms with Gasteiger partial charge in [-0.1, -0.05) is 23.7 Å². The Hall–Kier alpha value is -1.91. The molecule has 2 aromatic rings. The van der Waals surface area contributed by atoms with Crippen LogP contribution in [0.4, 0.5) is 5.69 Å². The number of hydrogen-bond donors (Lipinski definition) is 1. The maximum Gasteiger partial charge on any atom is 0.189 e. The molecule has 0 radical (unpaired) electrons. The number of fused-ring (bicyclic) bond motifs is 1. The molecule has 4 nitrogen and oxygen atoms in total. The van der Waals surface area contributed by atoms with Gasteiger partial charge in [-0.15, -0.1) is 0 Å². The first-order valence-corrected chi connectivity index (χ1v) is 6.61. The zero-order valence-corrected chi connectivity index (χ0v) is 11.5. The highest BCUT2D eigenvalue weighted by molar-refractivity contribution is 6.30. The molecule has 2 N–H and O–H groups in total. The van der Waals surface area contributed by atoms with E-state index in [1.165, 1.54) is 0 Å². The molecular weight excluding hydrogens is 278 g/mol. The molecule has 20 heavy (non-hydrogen) atoms. The Balaban J connectivity index is 1.84. The molecule has 0 saturated carbocycles. The van der Waals surface area contributed by atoms with E-state index in [1.54, 1.807) is 6.07 Å². The standard InChI is InChI=1S/C15H14ClNO3/c16-12-5-10-7-18-9-20-15(10)11(6-12)8-19-14-4-2-1-3-13(14)17/h1-6H,7-9,17H2. The summed E-state index contributed by atoms with van der Waals surface area (Å²) < 4.78 is 16.5. The summed E-state index contributed by atoms with van der Waals surface area (Å²) in [6, 6.07) is 11.1. The number of hydrogen-bond acceptors (Lipinski definition) is 4. The molecule has 5 heteroatoms. The van der Waals surface area contributed by atoms with Gasteiger partial charge in [-0.3, -0.25) is 0 Å². The van der Waals surface area contributed by atoms with Gasteiger partial charge in [-0.25, -0.2) is 0 Å². The third-order valence-electron chi connectivity index (χ3n) is 3.05. The van der Waals surface area contributed by atoms with Crippen molar-refractivity contribution in [3.8, 4) is 11.5 Å². The van der Waals surface area contributed by atoms with Gasteiger partial charge in [-0.2, -0.15) is 0 Å². The normalized spacial score (nSPS) is 13.4. The minimum atomic E-state index is 0.245. The van der Waals surface area contributed by atoms with Crippen molar-refractivity contribution in [2.24, 2.45) is 0 Å². The van der Waals surface area contributed by atoms with Crippen molar-refractivity contribution in [1.29, 1.82) is 0 Å². The predicted molar refractivity (Wildman–Crippen MR) is 76.9 cm³/mol. The van der Waals surface area contributed by atoms with Gasteiger partial charge in [-0.05, 0) is 24.3 Å². The van der Waals surface area contributed by atoms with Crippen molar-refractivity contribution >= 4 is 17.3 Å². The second-order valence-electron chi connectivity index (χ2n) is 4.49. The van der Waals surface area contributed by atoms with E-state index < -0.39 is 0 Å². The molecule has 3 rings (SSSR count). The van der Waals surface area contributed by atoms with Crippen LogP contribution in [0.15, 0.2) is 36.4 Å². The SMILES string of the molecule is Nc1ccccc1OCc1cc(Cl)cc2c1OCOC2. The Bertz CT molecular complexity index is 631. The van der Waals surface area contributed by atoms with Crippen LogP contribution in [0.5, 0.6) is 11.5 Å². The number of nitrogen functional groups attached to an aromatic ring is 1. The minimum absolute atomic E-state index is 0.245. The van der Waals surface area contributed by atoms with Crippen LogP contribution in [0.1, 0.15) is 11.1 Å². The van der Waals surface area contributed by atoms with Crippen molar-refractivity contribution in [2.45, 2.75) is 13.2 Å². The molecule has 1 heterocycles. The number of nitrogens with two attached hydrogens (primary N) is 1. The van der Waals surface area contributed by atoms with Crippen molar-refractivity contribution in [1.82, 2.24) is 0 Å². The van der Waals surface area contributed by atoms with Gasteiger partial charge in [0.25, 0.3) is 0 Å². The lowest BCUT2D eigenvalue weighted by Crippen LogP contribution is -2.14. The summed E-state index contributed by atoms with van der Waals surface area (Å²) >= 11 is 6.10. The quantitative estimate of drug-likeness (QED) is 0.881. The summed E-state index contributed by atoms with van der Waals surface area (Å²) in [5.41, 5.74) is 8.28. The van der Waals surface area contributed by atoms with Crippen LogP contribution in [0.3, 0.4) is 0 Å². The van der Waals surface area contributed by atoms with Crippen LogP contribution < -0.4 is 15.2 Å². The Morgan fingerprint density at radius 3 is 2.95 bits per heavy atom. The van der Waals surface area contributed by atoms with Gasteiger partial charge in [0.2, 0.25) is 0 Å². The van der Waals surface area contributed by atoms with E-state index >= 15 is 0 Å². The van der Waals surface area contributed by atoms with E-state index in [1.807, 2.05) is 30.3 Å². The van der Waals surface area contributed by atoms with Gasteiger partial charge >= 0.3 is 0 Å². The van der Waals surface area contributed by atoms with E-state index in [-0.39, 0.29) is 6.79 Å². The second kappa shape index (κ2) is 5.61.